The lowest BCUT2D eigenvalue weighted by Gasteiger charge is -2.19. The van der Waals surface area contributed by atoms with Crippen molar-refractivity contribution in [1.29, 1.82) is 0 Å². The summed E-state index contributed by atoms with van der Waals surface area (Å²) in [5.41, 5.74) is 1.46. The number of thioether (sulfide) groups is 1. The number of rotatable bonds is 6. The second-order valence-electron chi connectivity index (χ2n) is 6.40. The number of carbonyl (C=O) groups excluding carboxylic acids is 1. The van der Waals surface area contributed by atoms with Crippen LogP contribution >= 0.6 is 11.8 Å². The molecule has 1 aliphatic rings. The number of hydrazone groups is 1. The summed E-state index contributed by atoms with van der Waals surface area (Å²) in [5, 5.41) is 14.3. The Morgan fingerprint density at radius 3 is 2.70 bits per heavy atom. The number of pyridine rings is 1. The zero-order valence-corrected chi connectivity index (χ0v) is 16.4. The zero-order valence-electron chi connectivity index (χ0n) is 15.5. The molecule has 30 heavy (non-hydrogen) atoms. The molecule has 0 aliphatic carbocycles. The normalized spacial score (nSPS) is 16.1. The monoisotopic (exact) mass is 421 g/mol. The standard InChI is InChI=1S/C20H15N5O4S/c26-18(12-30-20-23-22-19(29-20)13-5-7-21-8-6-13)25-15(17-4-2-10-28-17)11-14(24-25)16-3-1-9-27-16/h1-10,15H,11-12H2/t15-/m1/s1. The highest BCUT2D eigenvalue weighted by Crippen LogP contribution is 2.34. The minimum absolute atomic E-state index is 0.0874. The van der Waals surface area contributed by atoms with Gasteiger partial charge in [0.15, 0.2) is 0 Å². The van der Waals surface area contributed by atoms with Crippen molar-refractivity contribution in [2.75, 3.05) is 5.75 Å². The lowest BCUT2D eigenvalue weighted by molar-refractivity contribution is -0.130. The Balaban J connectivity index is 1.31. The average molecular weight is 421 g/mol. The molecule has 0 N–H and O–H groups in total. The first-order chi connectivity index (χ1) is 14.8. The predicted molar refractivity (Wildman–Crippen MR) is 106 cm³/mol. The molecule has 4 aromatic rings. The van der Waals surface area contributed by atoms with Gasteiger partial charge in [0.05, 0.1) is 18.3 Å². The van der Waals surface area contributed by atoms with E-state index in [0.29, 0.717) is 34.8 Å². The Morgan fingerprint density at radius 1 is 1.10 bits per heavy atom. The summed E-state index contributed by atoms with van der Waals surface area (Å²) in [7, 11) is 0. The molecular weight excluding hydrogens is 406 g/mol. The summed E-state index contributed by atoms with van der Waals surface area (Å²) in [6.07, 6.45) is 6.95. The topological polar surface area (TPSA) is 111 Å². The minimum atomic E-state index is -0.330. The average Bonchev–Trinajstić information content (AvgIpc) is 3.57. The third kappa shape index (κ3) is 3.64. The van der Waals surface area contributed by atoms with Crippen molar-refractivity contribution in [2.45, 2.75) is 17.7 Å². The van der Waals surface area contributed by atoms with Crippen LogP contribution in [0.15, 0.2) is 84.9 Å². The van der Waals surface area contributed by atoms with Gasteiger partial charge in [0.2, 0.25) is 5.89 Å². The van der Waals surface area contributed by atoms with E-state index in [9.17, 15) is 4.79 Å². The summed E-state index contributed by atoms with van der Waals surface area (Å²) in [5.74, 6) is 1.56. The van der Waals surface area contributed by atoms with E-state index in [0.717, 1.165) is 17.3 Å². The van der Waals surface area contributed by atoms with E-state index in [1.54, 1.807) is 49.2 Å². The van der Waals surface area contributed by atoms with Gasteiger partial charge in [-0.3, -0.25) is 9.78 Å². The lowest BCUT2D eigenvalue weighted by atomic mass is 10.1. The van der Waals surface area contributed by atoms with Gasteiger partial charge in [0.1, 0.15) is 23.3 Å². The predicted octanol–water partition coefficient (Wildman–Crippen LogP) is 3.79. The van der Waals surface area contributed by atoms with E-state index in [-0.39, 0.29) is 17.7 Å². The van der Waals surface area contributed by atoms with Crippen LogP contribution in [0.25, 0.3) is 11.5 Å². The SMILES string of the molecule is O=C(CSc1nnc(-c2ccncc2)o1)N1N=C(c2ccco2)C[C@@H]1c1ccco1. The van der Waals surface area contributed by atoms with Crippen molar-refractivity contribution in [3.63, 3.8) is 0 Å². The molecule has 150 valence electrons. The molecule has 10 heteroatoms. The van der Waals surface area contributed by atoms with Gasteiger partial charge >= 0.3 is 0 Å². The second kappa shape index (κ2) is 7.99. The fourth-order valence-corrected chi connectivity index (χ4v) is 3.72. The summed E-state index contributed by atoms with van der Waals surface area (Å²) < 4.78 is 16.6. The lowest BCUT2D eigenvalue weighted by Crippen LogP contribution is -2.28. The molecule has 0 bridgehead atoms. The first-order valence-electron chi connectivity index (χ1n) is 9.11. The van der Waals surface area contributed by atoms with Crippen molar-refractivity contribution < 1.29 is 18.0 Å². The van der Waals surface area contributed by atoms with E-state index >= 15 is 0 Å². The third-order valence-electron chi connectivity index (χ3n) is 4.50. The van der Waals surface area contributed by atoms with E-state index in [1.807, 2.05) is 12.1 Å². The molecule has 0 saturated carbocycles. The molecular formula is C20H15N5O4S. The molecule has 0 saturated heterocycles. The van der Waals surface area contributed by atoms with Crippen molar-refractivity contribution in [3.8, 4) is 11.5 Å². The highest BCUT2D eigenvalue weighted by molar-refractivity contribution is 7.99. The van der Waals surface area contributed by atoms with Crippen LogP contribution in [-0.4, -0.2) is 37.6 Å². The van der Waals surface area contributed by atoms with Crippen LogP contribution in [0.3, 0.4) is 0 Å². The first kappa shape index (κ1) is 18.4. The van der Waals surface area contributed by atoms with Gasteiger partial charge in [-0.1, -0.05) is 11.8 Å². The molecule has 0 spiro atoms. The number of nitrogens with zero attached hydrogens (tertiary/aromatic N) is 5. The second-order valence-corrected chi connectivity index (χ2v) is 7.32. The quantitative estimate of drug-likeness (QED) is 0.433. The number of amides is 1. The van der Waals surface area contributed by atoms with Gasteiger partial charge in [0, 0.05) is 24.4 Å². The van der Waals surface area contributed by atoms with Crippen molar-refractivity contribution in [3.05, 3.63) is 72.8 Å². The first-order valence-corrected chi connectivity index (χ1v) is 10.1. The van der Waals surface area contributed by atoms with Crippen LogP contribution in [0.2, 0.25) is 0 Å². The fourth-order valence-electron chi connectivity index (χ4n) is 3.10. The van der Waals surface area contributed by atoms with Gasteiger partial charge in [-0.2, -0.15) is 5.10 Å². The van der Waals surface area contributed by atoms with E-state index in [2.05, 4.69) is 20.3 Å². The third-order valence-corrected chi connectivity index (χ3v) is 5.30. The number of carbonyl (C=O) groups is 1. The molecule has 9 nitrogen and oxygen atoms in total. The summed E-state index contributed by atoms with van der Waals surface area (Å²) in [6.45, 7) is 0. The van der Waals surface area contributed by atoms with E-state index in [1.165, 1.54) is 5.01 Å². The van der Waals surface area contributed by atoms with E-state index in [4.69, 9.17) is 13.3 Å². The minimum Gasteiger partial charge on any atom is -0.467 e. The number of furan rings is 2. The molecule has 0 unspecified atom stereocenters. The van der Waals surface area contributed by atoms with Crippen LogP contribution in [0, 0.1) is 0 Å². The van der Waals surface area contributed by atoms with Gasteiger partial charge in [-0.25, -0.2) is 5.01 Å². The van der Waals surface area contributed by atoms with Gasteiger partial charge in [-0.05, 0) is 36.4 Å². The van der Waals surface area contributed by atoms with Crippen LogP contribution in [0.4, 0.5) is 0 Å². The number of hydrogen-bond acceptors (Lipinski definition) is 9. The summed E-state index contributed by atoms with van der Waals surface area (Å²) in [6, 6.07) is 10.4. The Labute approximate surface area is 174 Å². The zero-order chi connectivity index (χ0) is 20.3. The van der Waals surface area contributed by atoms with Gasteiger partial charge in [0.25, 0.3) is 11.1 Å². The Morgan fingerprint density at radius 2 is 1.93 bits per heavy atom. The Hall–Kier alpha value is -3.66. The van der Waals surface area contributed by atoms with Crippen LogP contribution in [-0.2, 0) is 4.79 Å². The molecule has 5 rings (SSSR count). The molecule has 4 aromatic heterocycles. The maximum absolute atomic E-state index is 12.9. The van der Waals surface area contributed by atoms with Crippen molar-refractivity contribution in [1.82, 2.24) is 20.2 Å². The maximum Gasteiger partial charge on any atom is 0.277 e. The molecule has 1 aliphatic heterocycles. The Bertz CT molecular complexity index is 1160. The Kier molecular flexibility index (Phi) is 4.89. The van der Waals surface area contributed by atoms with Crippen LogP contribution in [0.1, 0.15) is 24.0 Å². The largest absolute Gasteiger partial charge is 0.467 e. The molecule has 1 atom stereocenters. The van der Waals surface area contributed by atoms with Gasteiger partial charge in [-0.15, -0.1) is 10.2 Å². The molecule has 1 amide bonds. The molecule has 0 fully saturated rings. The summed E-state index contributed by atoms with van der Waals surface area (Å²) in [4.78, 5) is 16.9. The molecule has 0 radical (unpaired) electrons. The maximum atomic E-state index is 12.9. The van der Waals surface area contributed by atoms with Crippen LogP contribution in [0.5, 0.6) is 0 Å². The van der Waals surface area contributed by atoms with Crippen molar-refractivity contribution in [2.24, 2.45) is 5.10 Å². The van der Waals surface area contributed by atoms with Gasteiger partial charge < -0.3 is 13.3 Å². The fraction of sp³-hybridized carbons (Fsp3) is 0.150. The number of hydrogen-bond donors (Lipinski definition) is 0. The van der Waals surface area contributed by atoms with E-state index < -0.39 is 0 Å². The highest BCUT2D eigenvalue weighted by atomic mass is 32.2. The smallest absolute Gasteiger partial charge is 0.277 e. The highest BCUT2D eigenvalue weighted by Gasteiger charge is 2.35. The van der Waals surface area contributed by atoms with Crippen molar-refractivity contribution >= 4 is 23.4 Å². The van der Waals surface area contributed by atoms with Crippen LogP contribution < -0.4 is 0 Å². The number of aromatic nitrogens is 3. The molecule has 5 heterocycles. The molecule has 0 aromatic carbocycles. The summed E-state index contributed by atoms with van der Waals surface area (Å²) >= 11 is 1.16.